The van der Waals surface area contributed by atoms with Crippen molar-refractivity contribution in [3.05, 3.63) is 89.7 Å². The van der Waals surface area contributed by atoms with E-state index in [-0.39, 0.29) is 29.7 Å². The van der Waals surface area contributed by atoms with Crippen LogP contribution < -0.4 is 9.62 Å². The Morgan fingerprint density at radius 2 is 1.58 bits per heavy atom. The van der Waals surface area contributed by atoms with Crippen LogP contribution in [0, 0.1) is 5.82 Å². The van der Waals surface area contributed by atoms with Gasteiger partial charge in [0.15, 0.2) is 0 Å². The zero-order valence-corrected chi connectivity index (χ0v) is 18.8. The molecule has 3 rings (SSSR count). The highest BCUT2D eigenvalue weighted by Gasteiger charge is 2.23. The summed E-state index contributed by atoms with van der Waals surface area (Å²) in [6.45, 7) is 2.28. The molecular weight excluding hydrogens is 435 g/mol. The number of hydrogen-bond donors (Lipinski definition) is 1. The Kier molecular flexibility index (Phi) is 7.35. The Balaban J connectivity index is 1.73. The van der Waals surface area contributed by atoms with Crippen molar-refractivity contribution >= 4 is 33.4 Å². The molecule has 0 fully saturated rings. The van der Waals surface area contributed by atoms with Crippen molar-refractivity contribution in [3.63, 3.8) is 0 Å². The SMILES string of the molecule is CCN(c1ccc(C(=O)NCc2ccc(F)cc2)cc1)S(=O)(=O)c1ccc(SC)cc1. The standard InChI is InChI=1S/C23H23FN2O3S2/c1-3-26(31(28,29)22-14-12-21(30-2)13-15-22)20-10-6-18(7-11-20)23(27)25-16-17-4-8-19(24)9-5-17/h4-15H,3,16H2,1-2H3,(H,25,27). The molecule has 3 aromatic carbocycles. The minimum atomic E-state index is -3.72. The molecule has 0 aliphatic carbocycles. The lowest BCUT2D eigenvalue weighted by Crippen LogP contribution is -2.31. The predicted molar refractivity (Wildman–Crippen MR) is 122 cm³/mol. The van der Waals surface area contributed by atoms with E-state index in [1.54, 1.807) is 79.3 Å². The number of anilines is 1. The van der Waals surface area contributed by atoms with Gasteiger partial charge in [0.2, 0.25) is 0 Å². The van der Waals surface area contributed by atoms with Crippen molar-refractivity contribution in [2.24, 2.45) is 0 Å². The van der Waals surface area contributed by atoms with Gasteiger partial charge in [-0.25, -0.2) is 12.8 Å². The van der Waals surface area contributed by atoms with Crippen molar-refractivity contribution in [1.29, 1.82) is 0 Å². The van der Waals surface area contributed by atoms with E-state index < -0.39 is 10.0 Å². The molecule has 31 heavy (non-hydrogen) atoms. The summed E-state index contributed by atoms with van der Waals surface area (Å²) >= 11 is 1.54. The second kappa shape index (κ2) is 9.98. The van der Waals surface area contributed by atoms with Gasteiger partial charge in [0.05, 0.1) is 10.6 Å². The van der Waals surface area contributed by atoms with Gasteiger partial charge in [0, 0.05) is 23.5 Å². The van der Waals surface area contributed by atoms with Gasteiger partial charge in [-0.05, 0) is 79.4 Å². The van der Waals surface area contributed by atoms with Gasteiger partial charge >= 0.3 is 0 Å². The van der Waals surface area contributed by atoms with Crippen LogP contribution in [0.3, 0.4) is 0 Å². The quantitative estimate of drug-likeness (QED) is 0.497. The zero-order valence-electron chi connectivity index (χ0n) is 17.2. The number of carbonyl (C=O) groups is 1. The Morgan fingerprint density at radius 3 is 2.13 bits per heavy atom. The van der Waals surface area contributed by atoms with E-state index in [9.17, 15) is 17.6 Å². The third-order valence-corrected chi connectivity index (χ3v) is 7.38. The van der Waals surface area contributed by atoms with Crippen molar-refractivity contribution in [2.75, 3.05) is 17.1 Å². The van der Waals surface area contributed by atoms with Crippen LogP contribution in [-0.2, 0) is 16.6 Å². The van der Waals surface area contributed by atoms with Crippen LogP contribution in [0.25, 0.3) is 0 Å². The second-order valence-electron chi connectivity index (χ2n) is 6.70. The lowest BCUT2D eigenvalue weighted by Gasteiger charge is -2.23. The van der Waals surface area contributed by atoms with Crippen LogP contribution in [0.5, 0.6) is 0 Å². The first-order chi connectivity index (χ1) is 14.8. The van der Waals surface area contributed by atoms with Crippen LogP contribution in [0.1, 0.15) is 22.8 Å². The second-order valence-corrected chi connectivity index (χ2v) is 9.44. The van der Waals surface area contributed by atoms with Gasteiger partial charge in [-0.1, -0.05) is 12.1 Å². The molecule has 3 aromatic rings. The van der Waals surface area contributed by atoms with E-state index in [0.717, 1.165) is 10.5 Å². The molecule has 162 valence electrons. The molecule has 0 aromatic heterocycles. The van der Waals surface area contributed by atoms with Crippen molar-refractivity contribution < 1.29 is 17.6 Å². The zero-order chi connectivity index (χ0) is 22.4. The molecule has 0 atom stereocenters. The van der Waals surface area contributed by atoms with Crippen LogP contribution in [-0.4, -0.2) is 27.1 Å². The smallest absolute Gasteiger partial charge is 0.264 e. The first kappa shape index (κ1) is 22.8. The number of amides is 1. The van der Waals surface area contributed by atoms with E-state index in [1.807, 2.05) is 6.26 Å². The first-order valence-corrected chi connectivity index (χ1v) is 12.3. The number of sulfonamides is 1. The van der Waals surface area contributed by atoms with Gasteiger partial charge in [-0.15, -0.1) is 11.8 Å². The average Bonchev–Trinajstić information content (AvgIpc) is 2.79. The molecule has 0 heterocycles. The molecule has 0 saturated heterocycles. The summed E-state index contributed by atoms with van der Waals surface area (Å²) in [5.74, 6) is -0.629. The van der Waals surface area contributed by atoms with Gasteiger partial charge in [-0.3, -0.25) is 9.10 Å². The largest absolute Gasteiger partial charge is 0.348 e. The van der Waals surface area contributed by atoms with Crippen LogP contribution in [0.2, 0.25) is 0 Å². The summed E-state index contributed by atoms with van der Waals surface area (Å²) in [4.78, 5) is 13.6. The molecule has 0 saturated carbocycles. The molecule has 0 aliphatic heterocycles. The Labute approximate surface area is 186 Å². The lowest BCUT2D eigenvalue weighted by molar-refractivity contribution is 0.0951. The minimum absolute atomic E-state index is 0.216. The number of benzene rings is 3. The van der Waals surface area contributed by atoms with E-state index in [4.69, 9.17) is 0 Å². The van der Waals surface area contributed by atoms with E-state index in [1.165, 1.54) is 16.4 Å². The fourth-order valence-electron chi connectivity index (χ4n) is 3.03. The minimum Gasteiger partial charge on any atom is -0.348 e. The van der Waals surface area contributed by atoms with Crippen LogP contribution >= 0.6 is 11.8 Å². The average molecular weight is 459 g/mol. The van der Waals surface area contributed by atoms with E-state index in [0.29, 0.717) is 11.3 Å². The summed E-state index contributed by atoms with van der Waals surface area (Å²) < 4.78 is 40.4. The normalized spacial score (nSPS) is 11.2. The highest BCUT2D eigenvalue weighted by atomic mass is 32.2. The van der Waals surface area contributed by atoms with Gasteiger partial charge in [-0.2, -0.15) is 0 Å². The third-order valence-electron chi connectivity index (χ3n) is 4.72. The number of rotatable bonds is 8. The highest BCUT2D eigenvalue weighted by Crippen LogP contribution is 2.25. The molecule has 8 heteroatoms. The molecule has 1 N–H and O–H groups in total. The molecule has 0 bridgehead atoms. The van der Waals surface area contributed by atoms with E-state index in [2.05, 4.69) is 5.32 Å². The fourth-order valence-corrected chi connectivity index (χ4v) is 4.91. The molecule has 0 unspecified atom stereocenters. The summed E-state index contributed by atoms with van der Waals surface area (Å²) in [6, 6.07) is 19.0. The Hall–Kier alpha value is -2.84. The maximum Gasteiger partial charge on any atom is 0.264 e. The maximum atomic E-state index is 13.1. The summed E-state index contributed by atoms with van der Waals surface area (Å²) in [6.07, 6.45) is 1.93. The first-order valence-electron chi connectivity index (χ1n) is 9.64. The topological polar surface area (TPSA) is 66.5 Å². The highest BCUT2D eigenvalue weighted by molar-refractivity contribution is 7.98. The van der Waals surface area contributed by atoms with Gasteiger partial charge < -0.3 is 5.32 Å². The summed E-state index contributed by atoms with van der Waals surface area (Å²) in [5.41, 5.74) is 1.66. The predicted octanol–water partition coefficient (Wildman–Crippen LogP) is 4.69. The van der Waals surface area contributed by atoms with Gasteiger partial charge in [0.1, 0.15) is 5.82 Å². The summed E-state index contributed by atoms with van der Waals surface area (Å²) in [7, 11) is -3.72. The van der Waals surface area contributed by atoms with Crippen LogP contribution in [0.4, 0.5) is 10.1 Å². The molecule has 5 nitrogen and oxygen atoms in total. The molecular formula is C23H23FN2O3S2. The number of thioether (sulfide) groups is 1. The van der Waals surface area contributed by atoms with Crippen molar-refractivity contribution in [2.45, 2.75) is 23.3 Å². The van der Waals surface area contributed by atoms with Gasteiger partial charge in [0.25, 0.3) is 15.9 Å². The Bertz CT molecular complexity index is 1130. The third kappa shape index (κ3) is 5.45. The lowest BCUT2D eigenvalue weighted by atomic mass is 10.1. The summed E-state index contributed by atoms with van der Waals surface area (Å²) in [5, 5.41) is 2.77. The number of halogens is 1. The molecule has 0 radical (unpaired) electrons. The number of nitrogens with zero attached hydrogens (tertiary/aromatic N) is 1. The van der Waals surface area contributed by atoms with Crippen molar-refractivity contribution in [3.8, 4) is 0 Å². The molecule has 0 spiro atoms. The van der Waals surface area contributed by atoms with Crippen molar-refractivity contribution in [1.82, 2.24) is 5.32 Å². The monoisotopic (exact) mass is 458 g/mol. The number of nitrogens with one attached hydrogen (secondary N) is 1. The number of hydrogen-bond acceptors (Lipinski definition) is 4. The fraction of sp³-hybridized carbons (Fsp3) is 0.174. The Morgan fingerprint density at radius 1 is 0.968 bits per heavy atom. The maximum absolute atomic E-state index is 13.1. The molecule has 1 amide bonds. The molecule has 0 aliphatic rings. The van der Waals surface area contributed by atoms with E-state index >= 15 is 0 Å². The number of carbonyl (C=O) groups excluding carboxylic acids is 1. The van der Waals surface area contributed by atoms with Crippen LogP contribution in [0.15, 0.2) is 82.6 Å².